The third-order valence-electron chi connectivity index (χ3n) is 4.92. The molecular formula is C16H19ClN2O2S3. The molecule has 2 aromatic rings. The van der Waals surface area contributed by atoms with Gasteiger partial charge in [0.25, 0.3) is 10.0 Å². The van der Waals surface area contributed by atoms with Crippen molar-refractivity contribution < 1.29 is 8.42 Å². The van der Waals surface area contributed by atoms with Crippen molar-refractivity contribution >= 4 is 44.3 Å². The molecule has 0 spiro atoms. The Labute approximate surface area is 155 Å². The second-order valence-electron chi connectivity index (χ2n) is 6.28. The van der Waals surface area contributed by atoms with E-state index in [-0.39, 0.29) is 0 Å². The SMILES string of the molecule is O=S(=O)(c1ccc(Cl)s1)N1CCC(N2CCc3sccc3C2)CC1. The number of piperidine rings is 1. The van der Waals surface area contributed by atoms with E-state index in [4.69, 9.17) is 11.6 Å². The average molecular weight is 403 g/mol. The fourth-order valence-corrected chi connectivity index (χ4v) is 7.59. The van der Waals surface area contributed by atoms with E-state index in [2.05, 4.69) is 16.3 Å². The second kappa shape index (κ2) is 6.70. The molecule has 130 valence electrons. The number of rotatable bonds is 3. The van der Waals surface area contributed by atoms with Crippen LogP contribution in [-0.4, -0.2) is 43.3 Å². The molecule has 1 fully saturated rings. The Morgan fingerprint density at radius 1 is 1.12 bits per heavy atom. The van der Waals surface area contributed by atoms with Crippen molar-refractivity contribution in [1.29, 1.82) is 0 Å². The summed E-state index contributed by atoms with van der Waals surface area (Å²) in [5.41, 5.74) is 1.45. The zero-order valence-corrected chi connectivity index (χ0v) is 16.4. The maximum absolute atomic E-state index is 12.7. The van der Waals surface area contributed by atoms with Crippen LogP contribution in [0, 0.1) is 0 Å². The molecule has 0 aliphatic carbocycles. The summed E-state index contributed by atoms with van der Waals surface area (Å²) in [5, 5.41) is 2.18. The zero-order valence-electron chi connectivity index (χ0n) is 13.2. The van der Waals surface area contributed by atoms with E-state index < -0.39 is 10.0 Å². The maximum atomic E-state index is 12.7. The van der Waals surface area contributed by atoms with Crippen LogP contribution in [0.1, 0.15) is 23.3 Å². The summed E-state index contributed by atoms with van der Waals surface area (Å²) in [6.07, 6.45) is 2.93. The standard InChI is InChI=1S/C16H19ClN2O2S3/c17-15-1-2-16(23-15)24(20,21)19-8-3-13(4-9-19)18-7-5-14-12(11-18)6-10-22-14/h1-2,6,10,13H,3-5,7-9,11H2. The normalized spacial score (nSPS) is 21.0. The molecule has 0 radical (unpaired) electrons. The molecule has 2 aliphatic rings. The number of sulfonamides is 1. The van der Waals surface area contributed by atoms with Gasteiger partial charge < -0.3 is 0 Å². The first-order valence-electron chi connectivity index (χ1n) is 8.09. The van der Waals surface area contributed by atoms with Crippen LogP contribution in [0.5, 0.6) is 0 Å². The van der Waals surface area contributed by atoms with Gasteiger partial charge in [0.05, 0.1) is 4.34 Å². The van der Waals surface area contributed by atoms with Crippen molar-refractivity contribution in [2.45, 2.75) is 36.1 Å². The number of halogens is 1. The Bertz CT molecular complexity index is 822. The molecule has 4 heterocycles. The van der Waals surface area contributed by atoms with Gasteiger partial charge in [0.1, 0.15) is 4.21 Å². The van der Waals surface area contributed by atoms with Gasteiger partial charge in [-0.25, -0.2) is 8.42 Å². The molecule has 8 heteroatoms. The lowest BCUT2D eigenvalue weighted by atomic mass is 10.0. The van der Waals surface area contributed by atoms with Crippen LogP contribution >= 0.6 is 34.3 Å². The lowest BCUT2D eigenvalue weighted by Crippen LogP contribution is -2.47. The Hall–Kier alpha value is -0.440. The zero-order chi connectivity index (χ0) is 16.7. The molecule has 2 aliphatic heterocycles. The van der Waals surface area contributed by atoms with E-state index in [1.54, 1.807) is 16.4 Å². The quantitative estimate of drug-likeness (QED) is 0.786. The van der Waals surface area contributed by atoms with E-state index >= 15 is 0 Å². The summed E-state index contributed by atoms with van der Waals surface area (Å²) in [4.78, 5) is 4.04. The van der Waals surface area contributed by atoms with Gasteiger partial charge in [-0.05, 0) is 48.4 Å². The number of thiophene rings is 2. The minimum atomic E-state index is -3.38. The van der Waals surface area contributed by atoms with Crippen LogP contribution in [0.15, 0.2) is 27.8 Å². The number of nitrogens with zero attached hydrogens (tertiary/aromatic N) is 2. The van der Waals surface area contributed by atoms with Crippen LogP contribution in [-0.2, 0) is 23.0 Å². The van der Waals surface area contributed by atoms with Crippen LogP contribution in [0.3, 0.4) is 0 Å². The maximum Gasteiger partial charge on any atom is 0.252 e. The van der Waals surface area contributed by atoms with Crippen LogP contribution in [0.2, 0.25) is 4.34 Å². The molecule has 24 heavy (non-hydrogen) atoms. The minimum absolute atomic E-state index is 0.354. The van der Waals surface area contributed by atoms with Crippen LogP contribution in [0.25, 0.3) is 0 Å². The molecule has 0 saturated carbocycles. The van der Waals surface area contributed by atoms with Crippen molar-refractivity contribution in [2.24, 2.45) is 0 Å². The average Bonchev–Trinajstić information content (AvgIpc) is 3.23. The lowest BCUT2D eigenvalue weighted by molar-refractivity contribution is 0.127. The Morgan fingerprint density at radius 2 is 1.92 bits per heavy atom. The lowest BCUT2D eigenvalue weighted by Gasteiger charge is -2.39. The number of hydrogen-bond donors (Lipinski definition) is 0. The first-order chi connectivity index (χ1) is 11.5. The largest absolute Gasteiger partial charge is 0.296 e. The molecule has 0 atom stereocenters. The van der Waals surface area contributed by atoms with Gasteiger partial charge in [0.15, 0.2) is 0 Å². The highest BCUT2D eigenvalue weighted by atomic mass is 35.5. The van der Waals surface area contributed by atoms with Gasteiger partial charge in [-0.2, -0.15) is 4.31 Å². The predicted molar refractivity (Wildman–Crippen MR) is 99.5 cm³/mol. The smallest absolute Gasteiger partial charge is 0.252 e. The molecule has 0 bridgehead atoms. The molecular weight excluding hydrogens is 384 g/mol. The third-order valence-corrected chi connectivity index (χ3v) is 9.54. The highest BCUT2D eigenvalue weighted by Crippen LogP contribution is 2.32. The summed E-state index contributed by atoms with van der Waals surface area (Å²) < 4.78 is 27.8. The molecule has 2 aromatic heterocycles. The van der Waals surface area contributed by atoms with Gasteiger partial charge in [0, 0.05) is 37.1 Å². The molecule has 4 nitrogen and oxygen atoms in total. The fraction of sp³-hybridized carbons (Fsp3) is 0.500. The van der Waals surface area contributed by atoms with Crippen molar-refractivity contribution in [2.75, 3.05) is 19.6 Å². The van der Waals surface area contributed by atoms with Gasteiger partial charge in [-0.15, -0.1) is 22.7 Å². The Morgan fingerprint density at radius 3 is 2.62 bits per heavy atom. The highest BCUT2D eigenvalue weighted by Gasteiger charge is 2.33. The Balaban J connectivity index is 1.40. The van der Waals surface area contributed by atoms with Crippen molar-refractivity contribution in [3.8, 4) is 0 Å². The number of hydrogen-bond acceptors (Lipinski definition) is 5. The van der Waals surface area contributed by atoms with E-state index in [1.165, 1.54) is 10.4 Å². The summed E-state index contributed by atoms with van der Waals surface area (Å²) in [6, 6.07) is 5.97. The van der Waals surface area contributed by atoms with Crippen molar-refractivity contribution in [3.05, 3.63) is 38.4 Å². The first kappa shape index (κ1) is 17.0. The minimum Gasteiger partial charge on any atom is -0.296 e. The van der Waals surface area contributed by atoms with Crippen molar-refractivity contribution in [1.82, 2.24) is 9.21 Å². The molecule has 1 saturated heterocycles. The van der Waals surface area contributed by atoms with E-state index in [0.717, 1.165) is 43.7 Å². The summed E-state index contributed by atoms with van der Waals surface area (Å²) in [7, 11) is -3.38. The number of fused-ring (bicyclic) bond motifs is 1. The van der Waals surface area contributed by atoms with E-state index in [9.17, 15) is 8.42 Å². The fourth-order valence-electron chi connectivity index (χ4n) is 3.59. The van der Waals surface area contributed by atoms with Crippen LogP contribution < -0.4 is 0 Å². The second-order valence-corrected chi connectivity index (χ2v) is 11.2. The van der Waals surface area contributed by atoms with E-state index in [1.807, 2.05) is 11.3 Å². The third kappa shape index (κ3) is 3.18. The summed E-state index contributed by atoms with van der Waals surface area (Å²) in [5.74, 6) is 0. The topological polar surface area (TPSA) is 40.6 Å². The molecule has 0 N–H and O–H groups in total. The van der Waals surface area contributed by atoms with E-state index in [0.29, 0.717) is 27.7 Å². The van der Waals surface area contributed by atoms with Gasteiger partial charge in [-0.1, -0.05) is 11.6 Å². The molecule has 0 aromatic carbocycles. The van der Waals surface area contributed by atoms with Crippen LogP contribution in [0.4, 0.5) is 0 Å². The van der Waals surface area contributed by atoms with Gasteiger partial charge in [-0.3, -0.25) is 4.90 Å². The predicted octanol–water partition coefficient (Wildman–Crippen LogP) is 3.67. The van der Waals surface area contributed by atoms with Gasteiger partial charge in [0.2, 0.25) is 0 Å². The molecule has 0 amide bonds. The molecule has 4 rings (SSSR count). The monoisotopic (exact) mass is 402 g/mol. The van der Waals surface area contributed by atoms with Crippen molar-refractivity contribution in [3.63, 3.8) is 0 Å². The van der Waals surface area contributed by atoms with Gasteiger partial charge >= 0.3 is 0 Å². The highest BCUT2D eigenvalue weighted by molar-refractivity contribution is 7.91. The summed E-state index contributed by atoms with van der Waals surface area (Å²) in [6.45, 7) is 3.28. The first-order valence-corrected chi connectivity index (χ1v) is 11.6. The molecule has 0 unspecified atom stereocenters. The Kier molecular flexibility index (Phi) is 4.75. The summed E-state index contributed by atoms with van der Waals surface area (Å²) >= 11 is 8.88.